The molecule has 1 amide bonds. The van der Waals surface area contributed by atoms with Crippen molar-refractivity contribution < 1.29 is 14.6 Å². The molecule has 0 fully saturated rings. The first-order chi connectivity index (χ1) is 9.15. The van der Waals surface area contributed by atoms with Crippen molar-refractivity contribution in [2.75, 3.05) is 32.2 Å². The second-order valence-corrected chi connectivity index (χ2v) is 4.54. The molecule has 1 atom stereocenters. The second-order valence-electron chi connectivity index (χ2n) is 4.10. The molecule has 1 rings (SSSR count). The molecule has 0 radical (unpaired) electrons. The summed E-state index contributed by atoms with van der Waals surface area (Å²) in [6.07, 6.45) is 0.540. The SMILES string of the molecule is COCC(CCO)NCC(=O)Nc1cccc(Cl)c1. The Morgan fingerprint density at radius 1 is 1.53 bits per heavy atom. The fourth-order valence-corrected chi connectivity index (χ4v) is 1.80. The van der Waals surface area contributed by atoms with Gasteiger partial charge in [-0.25, -0.2) is 0 Å². The summed E-state index contributed by atoms with van der Waals surface area (Å²) < 4.78 is 5.00. The maximum atomic E-state index is 11.7. The Morgan fingerprint density at radius 3 is 2.95 bits per heavy atom. The van der Waals surface area contributed by atoms with Crippen molar-refractivity contribution >= 4 is 23.2 Å². The molecule has 0 saturated heterocycles. The molecule has 5 nitrogen and oxygen atoms in total. The highest BCUT2D eigenvalue weighted by molar-refractivity contribution is 6.30. The van der Waals surface area contributed by atoms with Crippen molar-refractivity contribution in [3.05, 3.63) is 29.3 Å². The topological polar surface area (TPSA) is 70.6 Å². The van der Waals surface area contributed by atoms with Crippen LogP contribution < -0.4 is 10.6 Å². The predicted molar refractivity (Wildman–Crippen MR) is 75.5 cm³/mol. The summed E-state index contributed by atoms with van der Waals surface area (Å²) in [5.74, 6) is -0.165. The van der Waals surface area contributed by atoms with Gasteiger partial charge in [-0.1, -0.05) is 17.7 Å². The lowest BCUT2D eigenvalue weighted by Crippen LogP contribution is -2.39. The zero-order valence-electron chi connectivity index (χ0n) is 10.9. The number of anilines is 1. The third-order valence-corrected chi connectivity index (χ3v) is 2.74. The molecule has 0 heterocycles. The van der Waals surface area contributed by atoms with E-state index in [0.29, 0.717) is 23.7 Å². The van der Waals surface area contributed by atoms with Crippen LogP contribution in [0, 0.1) is 0 Å². The molecule has 3 N–H and O–H groups in total. The lowest BCUT2D eigenvalue weighted by atomic mass is 10.2. The summed E-state index contributed by atoms with van der Waals surface area (Å²) in [7, 11) is 1.58. The Hall–Kier alpha value is -1.14. The molecule has 1 aromatic carbocycles. The largest absolute Gasteiger partial charge is 0.396 e. The Bertz CT molecular complexity index is 395. The number of halogens is 1. The quantitative estimate of drug-likeness (QED) is 0.673. The summed E-state index contributed by atoms with van der Waals surface area (Å²) in [4.78, 5) is 11.7. The van der Waals surface area contributed by atoms with E-state index in [9.17, 15) is 4.79 Å². The van der Waals surface area contributed by atoms with Gasteiger partial charge in [0.1, 0.15) is 0 Å². The van der Waals surface area contributed by atoms with Crippen molar-refractivity contribution in [1.82, 2.24) is 5.32 Å². The summed E-state index contributed by atoms with van der Waals surface area (Å²) in [5, 5.41) is 15.2. The molecule has 0 bridgehead atoms. The fraction of sp³-hybridized carbons (Fsp3) is 0.462. The first-order valence-corrected chi connectivity index (χ1v) is 6.42. The number of hydrogen-bond donors (Lipinski definition) is 3. The number of methoxy groups -OCH3 is 1. The van der Waals surface area contributed by atoms with Crippen LogP contribution in [-0.4, -0.2) is 43.9 Å². The van der Waals surface area contributed by atoms with Gasteiger partial charge in [0.05, 0.1) is 13.2 Å². The van der Waals surface area contributed by atoms with E-state index in [1.54, 1.807) is 31.4 Å². The Labute approximate surface area is 117 Å². The number of ether oxygens (including phenoxy) is 1. The number of nitrogens with one attached hydrogen (secondary N) is 2. The molecule has 1 unspecified atom stereocenters. The van der Waals surface area contributed by atoms with Crippen molar-refractivity contribution in [2.45, 2.75) is 12.5 Å². The molecule has 0 aliphatic carbocycles. The summed E-state index contributed by atoms with van der Waals surface area (Å²) in [5.41, 5.74) is 0.657. The maximum Gasteiger partial charge on any atom is 0.238 e. The van der Waals surface area contributed by atoms with Gasteiger partial charge in [0, 0.05) is 30.5 Å². The monoisotopic (exact) mass is 286 g/mol. The Morgan fingerprint density at radius 2 is 2.32 bits per heavy atom. The van der Waals surface area contributed by atoms with E-state index < -0.39 is 0 Å². The Kier molecular flexibility index (Phi) is 7.43. The standard InChI is InChI=1S/C13H19ClN2O3/c1-19-9-12(5-6-17)15-8-13(18)16-11-4-2-3-10(14)7-11/h2-4,7,12,15,17H,5-6,8-9H2,1H3,(H,16,18). The summed E-state index contributed by atoms with van der Waals surface area (Å²) in [6.45, 7) is 0.655. The van der Waals surface area contributed by atoms with Gasteiger partial charge in [-0.3, -0.25) is 4.79 Å². The van der Waals surface area contributed by atoms with Gasteiger partial charge in [0.15, 0.2) is 0 Å². The summed E-state index contributed by atoms with van der Waals surface area (Å²) >= 11 is 5.83. The van der Waals surface area contributed by atoms with Crippen LogP contribution in [0.5, 0.6) is 0 Å². The van der Waals surface area contributed by atoms with E-state index in [1.165, 1.54) is 0 Å². The molecule has 1 aromatic rings. The highest BCUT2D eigenvalue weighted by Crippen LogP contribution is 2.14. The molecular weight excluding hydrogens is 268 g/mol. The molecule has 19 heavy (non-hydrogen) atoms. The van der Waals surface area contributed by atoms with E-state index in [4.69, 9.17) is 21.4 Å². The van der Waals surface area contributed by atoms with Crippen LogP contribution in [0.25, 0.3) is 0 Å². The average Bonchev–Trinajstić information content (AvgIpc) is 2.36. The van der Waals surface area contributed by atoms with Crippen LogP contribution in [-0.2, 0) is 9.53 Å². The van der Waals surface area contributed by atoms with Crippen LogP contribution in [0.1, 0.15) is 6.42 Å². The van der Waals surface area contributed by atoms with Crippen molar-refractivity contribution in [2.24, 2.45) is 0 Å². The van der Waals surface area contributed by atoms with E-state index in [2.05, 4.69) is 10.6 Å². The van der Waals surface area contributed by atoms with Crippen LogP contribution in [0.4, 0.5) is 5.69 Å². The zero-order valence-corrected chi connectivity index (χ0v) is 11.6. The second kappa shape index (κ2) is 8.87. The summed E-state index contributed by atoms with van der Waals surface area (Å²) in [6, 6.07) is 6.92. The fourth-order valence-electron chi connectivity index (χ4n) is 1.61. The highest BCUT2D eigenvalue weighted by Gasteiger charge is 2.09. The lowest BCUT2D eigenvalue weighted by Gasteiger charge is -2.16. The van der Waals surface area contributed by atoms with Crippen LogP contribution in [0.3, 0.4) is 0 Å². The predicted octanol–water partition coefficient (Wildman–Crippen LogP) is 1.27. The third-order valence-electron chi connectivity index (χ3n) is 2.51. The number of aliphatic hydroxyl groups excluding tert-OH is 1. The third kappa shape index (κ3) is 6.54. The normalized spacial score (nSPS) is 12.2. The van der Waals surface area contributed by atoms with E-state index in [-0.39, 0.29) is 25.1 Å². The number of carbonyl (C=O) groups is 1. The number of rotatable bonds is 8. The lowest BCUT2D eigenvalue weighted by molar-refractivity contribution is -0.115. The highest BCUT2D eigenvalue weighted by atomic mass is 35.5. The van der Waals surface area contributed by atoms with Gasteiger partial charge in [-0.05, 0) is 24.6 Å². The Balaban J connectivity index is 2.38. The minimum absolute atomic E-state index is 0.0416. The first-order valence-electron chi connectivity index (χ1n) is 6.04. The van der Waals surface area contributed by atoms with Crippen LogP contribution >= 0.6 is 11.6 Å². The average molecular weight is 287 g/mol. The molecule has 6 heteroatoms. The molecule has 0 saturated carbocycles. The van der Waals surface area contributed by atoms with Gasteiger partial charge < -0.3 is 20.5 Å². The molecule has 0 aliphatic rings. The number of amides is 1. The minimum atomic E-state index is -0.165. The molecular formula is C13H19ClN2O3. The van der Waals surface area contributed by atoms with E-state index in [0.717, 1.165) is 0 Å². The molecule has 0 aliphatic heterocycles. The number of benzene rings is 1. The minimum Gasteiger partial charge on any atom is -0.396 e. The first kappa shape index (κ1) is 15.9. The molecule has 106 valence electrons. The molecule has 0 spiro atoms. The van der Waals surface area contributed by atoms with Crippen LogP contribution in [0.15, 0.2) is 24.3 Å². The number of carbonyl (C=O) groups excluding carboxylic acids is 1. The molecule has 0 aromatic heterocycles. The number of hydrogen-bond acceptors (Lipinski definition) is 4. The zero-order chi connectivity index (χ0) is 14.1. The van der Waals surface area contributed by atoms with Gasteiger partial charge in [0.25, 0.3) is 0 Å². The van der Waals surface area contributed by atoms with Crippen molar-refractivity contribution in [1.29, 1.82) is 0 Å². The number of aliphatic hydroxyl groups is 1. The van der Waals surface area contributed by atoms with Gasteiger partial charge in [-0.2, -0.15) is 0 Å². The van der Waals surface area contributed by atoms with Crippen molar-refractivity contribution in [3.8, 4) is 0 Å². The maximum absolute atomic E-state index is 11.7. The van der Waals surface area contributed by atoms with Gasteiger partial charge >= 0.3 is 0 Å². The van der Waals surface area contributed by atoms with E-state index in [1.807, 2.05) is 0 Å². The smallest absolute Gasteiger partial charge is 0.238 e. The van der Waals surface area contributed by atoms with E-state index >= 15 is 0 Å². The van der Waals surface area contributed by atoms with Crippen LogP contribution in [0.2, 0.25) is 5.02 Å². The van der Waals surface area contributed by atoms with Gasteiger partial charge in [0.2, 0.25) is 5.91 Å². The van der Waals surface area contributed by atoms with Crippen molar-refractivity contribution in [3.63, 3.8) is 0 Å². The van der Waals surface area contributed by atoms with Gasteiger partial charge in [-0.15, -0.1) is 0 Å².